The number of ether oxygens (including phenoxy) is 1. The van der Waals surface area contributed by atoms with Gasteiger partial charge in [0.15, 0.2) is 0 Å². The van der Waals surface area contributed by atoms with E-state index in [2.05, 4.69) is 91.0 Å². The fourth-order valence-corrected chi connectivity index (χ4v) is 5.78. The van der Waals surface area contributed by atoms with Gasteiger partial charge in [-0.15, -0.1) is 0 Å². The summed E-state index contributed by atoms with van der Waals surface area (Å²) in [6, 6.07) is 40.5. The first-order valence-corrected chi connectivity index (χ1v) is 11.2. The molecule has 5 aromatic rings. The number of hydrogen-bond donors (Lipinski definition) is 1. The highest BCUT2D eigenvalue weighted by molar-refractivity contribution is 5.89. The van der Waals surface area contributed by atoms with Crippen molar-refractivity contribution in [3.8, 4) is 33.8 Å². The van der Waals surface area contributed by atoms with Crippen molar-refractivity contribution in [2.24, 2.45) is 0 Å². The Morgan fingerprint density at radius 3 is 1.73 bits per heavy atom. The number of anilines is 1. The summed E-state index contributed by atoms with van der Waals surface area (Å²) in [5.74, 6) is 1.79. The molecule has 0 atom stereocenters. The molecule has 1 aliphatic carbocycles. The van der Waals surface area contributed by atoms with Gasteiger partial charge in [-0.2, -0.15) is 0 Å². The summed E-state index contributed by atoms with van der Waals surface area (Å²) in [6.07, 6.45) is 0. The zero-order valence-corrected chi connectivity index (χ0v) is 18.0. The number of rotatable bonds is 1. The van der Waals surface area contributed by atoms with E-state index in [-0.39, 0.29) is 0 Å². The molecule has 0 amide bonds. The van der Waals surface area contributed by atoms with E-state index in [1.807, 2.05) is 24.3 Å². The van der Waals surface area contributed by atoms with E-state index in [4.69, 9.17) is 10.5 Å². The molecule has 5 aromatic carbocycles. The van der Waals surface area contributed by atoms with Crippen molar-refractivity contribution in [2.45, 2.75) is 5.41 Å². The van der Waals surface area contributed by atoms with Crippen molar-refractivity contribution >= 4 is 5.69 Å². The highest BCUT2D eigenvalue weighted by Crippen LogP contribution is 2.62. The lowest BCUT2D eigenvalue weighted by Crippen LogP contribution is -2.32. The van der Waals surface area contributed by atoms with Gasteiger partial charge >= 0.3 is 0 Å². The summed E-state index contributed by atoms with van der Waals surface area (Å²) < 4.78 is 6.48. The number of hydrogen-bond acceptors (Lipinski definition) is 2. The summed E-state index contributed by atoms with van der Waals surface area (Å²) in [6.45, 7) is 0. The lowest BCUT2D eigenvalue weighted by atomic mass is 9.66. The third-order valence-electron chi connectivity index (χ3n) is 7.12. The fourth-order valence-electron chi connectivity index (χ4n) is 5.78. The van der Waals surface area contributed by atoms with Gasteiger partial charge in [-0.3, -0.25) is 0 Å². The molecule has 0 saturated heterocycles. The topological polar surface area (TPSA) is 35.2 Å². The molecular weight excluding hydrogens is 402 g/mol. The standard InChI is InChI=1S/C31H21NO/c32-28-15-7-3-9-21(28)20-17-18-30-27(19-20)31(26-14-6-8-16-29(26)33-30)24-12-4-1-10-22(24)23-11-2-5-13-25(23)31/h1-19H,32H2. The van der Waals surface area contributed by atoms with Crippen LogP contribution in [0.1, 0.15) is 22.3 Å². The molecule has 0 bridgehead atoms. The van der Waals surface area contributed by atoms with Crippen molar-refractivity contribution in [1.82, 2.24) is 0 Å². The molecule has 0 aromatic heterocycles. The number of fused-ring (bicyclic) bond motifs is 9. The van der Waals surface area contributed by atoms with Gasteiger partial charge in [0.25, 0.3) is 0 Å². The van der Waals surface area contributed by atoms with Crippen LogP contribution in [0.15, 0.2) is 115 Å². The van der Waals surface area contributed by atoms with E-state index in [0.29, 0.717) is 0 Å². The molecule has 2 aliphatic rings. The van der Waals surface area contributed by atoms with Crippen LogP contribution < -0.4 is 10.5 Å². The molecule has 7 rings (SSSR count). The van der Waals surface area contributed by atoms with E-state index >= 15 is 0 Å². The van der Waals surface area contributed by atoms with Crippen molar-refractivity contribution < 1.29 is 4.74 Å². The van der Waals surface area contributed by atoms with Crippen LogP contribution in [0, 0.1) is 0 Å². The van der Waals surface area contributed by atoms with Crippen LogP contribution in [0.3, 0.4) is 0 Å². The minimum Gasteiger partial charge on any atom is -0.457 e. The normalized spacial score (nSPS) is 14.1. The minimum absolute atomic E-state index is 0.448. The van der Waals surface area contributed by atoms with Crippen molar-refractivity contribution in [3.05, 3.63) is 138 Å². The number of para-hydroxylation sites is 2. The van der Waals surface area contributed by atoms with Crippen LogP contribution in [-0.2, 0) is 5.41 Å². The molecule has 2 nitrogen and oxygen atoms in total. The second kappa shape index (κ2) is 6.60. The van der Waals surface area contributed by atoms with Crippen molar-refractivity contribution in [2.75, 3.05) is 5.73 Å². The highest BCUT2D eigenvalue weighted by atomic mass is 16.5. The van der Waals surface area contributed by atoms with Gasteiger partial charge in [0.1, 0.15) is 11.5 Å². The maximum Gasteiger partial charge on any atom is 0.132 e. The molecule has 2 heteroatoms. The molecule has 1 heterocycles. The summed E-state index contributed by atoms with van der Waals surface area (Å²) in [5.41, 5.74) is 16.3. The first-order valence-electron chi connectivity index (χ1n) is 11.2. The van der Waals surface area contributed by atoms with Crippen LogP contribution in [-0.4, -0.2) is 0 Å². The van der Waals surface area contributed by atoms with Crippen LogP contribution in [0.5, 0.6) is 11.5 Å². The van der Waals surface area contributed by atoms with Gasteiger partial charge < -0.3 is 10.5 Å². The fraction of sp³-hybridized carbons (Fsp3) is 0.0323. The Bertz CT molecular complexity index is 1520. The van der Waals surface area contributed by atoms with Gasteiger partial charge in [-0.05, 0) is 52.1 Å². The van der Waals surface area contributed by atoms with E-state index in [1.165, 1.54) is 27.8 Å². The SMILES string of the molecule is Nc1ccccc1-c1ccc2c(c1)C1(c3ccccc3O2)c2ccccc2-c2ccccc21. The zero-order valence-electron chi connectivity index (χ0n) is 18.0. The average Bonchev–Trinajstić information content (AvgIpc) is 3.16. The van der Waals surface area contributed by atoms with Gasteiger partial charge in [0.05, 0.1) is 5.41 Å². The zero-order chi connectivity index (χ0) is 22.0. The van der Waals surface area contributed by atoms with E-state index in [9.17, 15) is 0 Å². The van der Waals surface area contributed by atoms with Crippen molar-refractivity contribution in [1.29, 1.82) is 0 Å². The Labute approximate surface area is 192 Å². The van der Waals surface area contributed by atoms with Gasteiger partial charge in [-0.25, -0.2) is 0 Å². The predicted molar refractivity (Wildman–Crippen MR) is 134 cm³/mol. The van der Waals surface area contributed by atoms with Crippen molar-refractivity contribution in [3.63, 3.8) is 0 Å². The molecule has 156 valence electrons. The quantitative estimate of drug-likeness (QED) is 0.279. The molecular formula is C31H21NO. The predicted octanol–water partition coefficient (Wildman–Crippen LogP) is 7.40. The second-order valence-corrected chi connectivity index (χ2v) is 8.74. The number of benzene rings is 5. The van der Waals surface area contributed by atoms with Crippen LogP contribution in [0.4, 0.5) is 5.69 Å². The molecule has 0 fully saturated rings. The average molecular weight is 424 g/mol. The van der Waals surface area contributed by atoms with E-state index in [1.54, 1.807) is 0 Å². The first-order chi connectivity index (χ1) is 16.3. The van der Waals surface area contributed by atoms with E-state index in [0.717, 1.165) is 33.9 Å². The summed E-state index contributed by atoms with van der Waals surface area (Å²) in [7, 11) is 0. The van der Waals surface area contributed by atoms with Gasteiger partial charge in [0, 0.05) is 22.4 Å². The largest absolute Gasteiger partial charge is 0.457 e. The number of nitrogen functional groups attached to an aromatic ring is 1. The van der Waals surface area contributed by atoms with Crippen LogP contribution in [0.25, 0.3) is 22.3 Å². The maximum atomic E-state index is 6.48. The molecule has 0 radical (unpaired) electrons. The molecule has 0 unspecified atom stereocenters. The maximum absolute atomic E-state index is 6.48. The molecule has 1 spiro atoms. The molecule has 2 N–H and O–H groups in total. The molecule has 1 aliphatic heterocycles. The lowest BCUT2D eigenvalue weighted by Gasteiger charge is -2.39. The van der Waals surface area contributed by atoms with Crippen LogP contribution in [0.2, 0.25) is 0 Å². The third kappa shape index (κ3) is 2.33. The lowest BCUT2D eigenvalue weighted by molar-refractivity contribution is 0.436. The smallest absolute Gasteiger partial charge is 0.132 e. The Balaban J connectivity index is 1.63. The summed E-state index contributed by atoms with van der Waals surface area (Å²) in [5, 5.41) is 0. The Morgan fingerprint density at radius 1 is 0.485 bits per heavy atom. The number of nitrogens with two attached hydrogens (primary N) is 1. The summed E-state index contributed by atoms with van der Waals surface area (Å²) in [4.78, 5) is 0. The molecule has 0 saturated carbocycles. The first kappa shape index (κ1) is 18.3. The Morgan fingerprint density at radius 2 is 1.03 bits per heavy atom. The third-order valence-corrected chi connectivity index (χ3v) is 7.12. The highest BCUT2D eigenvalue weighted by Gasteiger charge is 2.50. The van der Waals surface area contributed by atoms with Gasteiger partial charge in [-0.1, -0.05) is 91.0 Å². The van der Waals surface area contributed by atoms with E-state index < -0.39 is 5.41 Å². The second-order valence-electron chi connectivity index (χ2n) is 8.74. The Hall–Kier alpha value is -4.30. The monoisotopic (exact) mass is 423 g/mol. The summed E-state index contributed by atoms with van der Waals surface area (Å²) >= 11 is 0. The van der Waals surface area contributed by atoms with Crippen LogP contribution >= 0.6 is 0 Å². The molecule has 33 heavy (non-hydrogen) atoms. The van der Waals surface area contributed by atoms with Gasteiger partial charge in [0.2, 0.25) is 0 Å². The Kier molecular flexibility index (Phi) is 3.66. The minimum atomic E-state index is -0.448.